The lowest BCUT2D eigenvalue weighted by molar-refractivity contribution is 0.0975. The molecule has 2 aliphatic rings. The molecule has 1 fully saturated rings. The molecule has 1 saturated carbocycles. The van der Waals surface area contributed by atoms with Crippen LogP contribution in [-0.4, -0.2) is 21.8 Å². The number of unbranched alkanes of at least 4 members (excludes halogenated alkanes) is 2. The van der Waals surface area contributed by atoms with Crippen LogP contribution in [0.25, 0.3) is 11.1 Å². The van der Waals surface area contributed by atoms with Crippen molar-refractivity contribution in [2.75, 3.05) is 11.5 Å². The van der Waals surface area contributed by atoms with Gasteiger partial charge in [-0.1, -0.05) is 56.9 Å². The minimum Gasteiger partial charge on any atom is -0.507 e. The van der Waals surface area contributed by atoms with Crippen molar-refractivity contribution >= 4 is 22.9 Å². The number of hydrogen-bond acceptors (Lipinski definition) is 6. The smallest absolute Gasteiger partial charge is 0.200 e. The molecule has 6 heteroatoms. The summed E-state index contributed by atoms with van der Waals surface area (Å²) >= 11 is 0. The average molecular weight is 499 g/mol. The first kappa shape index (κ1) is 24.9. The Labute approximate surface area is 217 Å². The second-order valence-electron chi connectivity index (χ2n) is 10.5. The van der Waals surface area contributed by atoms with Crippen LogP contribution < -0.4 is 11.5 Å². The Morgan fingerprint density at radius 2 is 1.46 bits per heavy atom. The third kappa shape index (κ3) is 4.24. The van der Waals surface area contributed by atoms with Gasteiger partial charge in [0.05, 0.1) is 27.9 Å². The van der Waals surface area contributed by atoms with Crippen LogP contribution in [0.3, 0.4) is 0 Å². The van der Waals surface area contributed by atoms with E-state index in [0.717, 1.165) is 29.9 Å². The van der Waals surface area contributed by atoms with Crippen molar-refractivity contribution in [2.45, 2.75) is 64.2 Å². The average Bonchev–Trinajstić information content (AvgIpc) is 2.90. The van der Waals surface area contributed by atoms with E-state index in [1.165, 1.54) is 56.7 Å². The van der Waals surface area contributed by atoms with Crippen LogP contribution in [0.5, 0.6) is 11.5 Å². The molecule has 0 unspecified atom stereocenters. The maximum absolute atomic E-state index is 13.6. The van der Waals surface area contributed by atoms with Gasteiger partial charge < -0.3 is 21.7 Å². The van der Waals surface area contributed by atoms with Crippen molar-refractivity contribution in [1.29, 1.82) is 0 Å². The van der Waals surface area contributed by atoms with Crippen molar-refractivity contribution in [1.82, 2.24) is 0 Å². The van der Waals surface area contributed by atoms with Crippen LogP contribution in [-0.2, 0) is 0 Å². The van der Waals surface area contributed by atoms with Crippen molar-refractivity contribution in [3.05, 3.63) is 70.3 Å². The molecule has 37 heavy (non-hydrogen) atoms. The summed E-state index contributed by atoms with van der Waals surface area (Å²) in [7, 11) is 0. The number of phenols is 2. The molecular weight excluding hydrogens is 464 g/mol. The van der Waals surface area contributed by atoms with Crippen molar-refractivity contribution < 1.29 is 19.8 Å². The zero-order valence-corrected chi connectivity index (χ0v) is 21.2. The highest BCUT2D eigenvalue weighted by molar-refractivity contribution is 6.34. The number of benzene rings is 3. The summed E-state index contributed by atoms with van der Waals surface area (Å²) in [6.07, 6.45) is 9.68. The Morgan fingerprint density at radius 1 is 0.784 bits per heavy atom. The zero-order valence-electron chi connectivity index (χ0n) is 21.2. The van der Waals surface area contributed by atoms with Crippen molar-refractivity contribution in [2.24, 2.45) is 5.92 Å². The number of phenolic OH excluding ortho intramolecular Hbond substituents is 2. The predicted octanol–water partition coefficient (Wildman–Crippen LogP) is 6.56. The van der Waals surface area contributed by atoms with Gasteiger partial charge in [0.25, 0.3) is 0 Å². The zero-order chi connectivity index (χ0) is 26.3. The Balaban J connectivity index is 1.54. The largest absolute Gasteiger partial charge is 0.507 e. The van der Waals surface area contributed by atoms with Crippen molar-refractivity contribution in [3.63, 3.8) is 0 Å². The molecule has 6 nitrogen and oxygen atoms in total. The topological polar surface area (TPSA) is 127 Å². The Hall–Kier alpha value is -3.80. The maximum atomic E-state index is 13.6. The van der Waals surface area contributed by atoms with E-state index in [0.29, 0.717) is 11.5 Å². The van der Waals surface area contributed by atoms with Crippen LogP contribution in [0.4, 0.5) is 11.4 Å². The summed E-state index contributed by atoms with van der Waals surface area (Å²) in [6, 6.07) is 12.1. The number of aromatic hydroxyl groups is 2. The number of nitrogens with two attached hydrogens (primary N) is 2. The van der Waals surface area contributed by atoms with E-state index >= 15 is 0 Å². The lowest BCUT2D eigenvalue weighted by atomic mass is 9.74. The number of carbonyl (C=O) groups excluding carboxylic acids is 2. The van der Waals surface area contributed by atoms with Crippen LogP contribution in [0.2, 0.25) is 0 Å². The predicted molar refractivity (Wildman–Crippen MR) is 146 cm³/mol. The molecule has 5 rings (SSSR count). The number of anilines is 2. The van der Waals surface area contributed by atoms with E-state index in [9.17, 15) is 19.8 Å². The highest BCUT2D eigenvalue weighted by Gasteiger charge is 2.38. The molecule has 0 aromatic heterocycles. The number of hydrogen-bond donors (Lipinski definition) is 4. The van der Waals surface area contributed by atoms with E-state index < -0.39 is 11.6 Å². The van der Waals surface area contributed by atoms with Gasteiger partial charge in [-0.05, 0) is 66.8 Å². The van der Waals surface area contributed by atoms with Gasteiger partial charge in [-0.3, -0.25) is 9.59 Å². The minimum atomic E-state index is -0.622. The Kier molecular flexibility index (Phi) is 6.67. The summed E-state index contributed by atoms with van der Waals surface area (Å²) in [4.78, 5) is 26.9. The van der Waals surface area contributed by atoms with E-state index in [-0.39, 0.29) is 45.1 Å². The molecule has 0 bridgehead atoms. The Bertz CT molecular complexity index is 1390. The SMILES string of the molecule is CCCCCC1CCC(c2ccccc2-c2cc(O)c3c(c2N)C(=O)c2c(O)ccc(N)c2C3=O)CC1. The molecule has 2 aliphatic carbocycles. The molecule has 0 saturated heterocycles. The molecule has 192 valence electrons. The van der Waals surface area contributed by atoms with Gasteiger partial charge in [-0.15, -0.1) is 0 Å². The number of fused-ring (bicyclic) bond motifs is 2. The first-order chi connectivity index (χ1) is 17.8. The maximum Gasteiger partial charge on any atom is 0.200 e. The van der Waals surface area contributed by atoms with Gasteiger partial charge in [0.15, 0.2) is 0 Å². The summed E-state index contributed by atoms with van der Waals surface area (Å²) in [5, 5.41) is 21.4. The molecule has 6 N–H and O–H groups in total. The van der Waals surface area contributed by atoms with E-state index in [1.54, 1.807) is 0 Å². The minimum absolute atomic E-state index is 0.0643. The molecule has 3 aromatic rings. The number of rotatable bonds is 6. The molecule has 0 heterocycles. The summed E-state index contributed by atoms with van der Waals surface area (Å²) in [5.41, 5.74) is 14.8. The lowest BCUT2D eigenvalue weighted by Gasteiger charge is -2.30. The number of carbonyl (C=O) groups is 2. The van der Waals surface area contributed by atoms with Gasteiger partial charge >= 0.3 is 0 Å². The number of nitrogen functional groups attached to an aromatic ring is 2. The fraction of sp³-hybridized carbons (Fsp3) is 0.355. The highest BCUT2D eigenvalue weighted by atomic mass is 16.3. The third-order valence-electron chi connectivity index (χ3n) is 8.22. The third-order valence-corrected chi connectivity index (χ3v) is 8.22. The van der Waals surface area contributed by atoms with Crippen LogP contribution in [0, 0.1) is 5.92 Å². The van der Waals surface area contributed by atoms with E-state index in [4.69, 9.17) is 11.5 Å². The van der Waals surface area contributed by atoms with Gasteiger partial charge in [0, 0.05) is 11.3 Å². The Morgan fingerprint density at radius 3 is 2.19 bits per heavy atom. The monoisotopic (exact) mass is 498 g/mol. The normalized spacial score (nSPS) is 18.9. The second kappa shape index (κ2) is 9.92. The standard InChI is InChI=1S/C31H34N2O4/c1-2-3-4-7-17-10-12-18(13-11-17)19-8-5-6-9-20(19)21-16-24(35)27-28(29(21)33)31(37)26-23(34)15-14-22(32)25(26)30(27)36/h5-6,8-9,14-18,34-35H,2-4,7,10-13,32-33H2,1H3. The van der Waals surface area contributed by atoms with Gasteiger partial charge in [0.2, 0.25) is 11.6 Å². The summed E-state index contributed by atoms with van der Waals surface area (Å²) < 4.78 is 0. The van der Waals surface area contributed by atoms with Crippen molar-refractivity contribution in [3.8, 4) is 22.6 Å². The van der Waals surface area contributed by atoms with Crippen LogP contribution >= 0.6 is 0 Å². The molecule has 0 radical (unpaired) electrons. The van der Waals surface area contributed by atoms with Crippen LogP contribution in [0.1, 0.15) is 102 Å². The fourth-order valence-corrected chi connectivity index (χ4v) is 6.25. The molecule has 0 atom stereocenters. The highest BCUT2D eigenvalue weighted by Crippen LogP contribution is 2.47. The first-order valence-electron chi connectivity index (χ1n) is 13.3. The molecule has 0 spiro atoms. The van der Waals surface area contributed by atoms with Gasteiger partial charge in [-0.2, -0.15) is 0 Å². The van der Waals surface area contributed by atoms with Gasteiger partial charge in [-0.25, -0.2) is 0 Å². The molecule has 3 aromatic carbocycles. The first-order valence-corrected chi connectivity index (χ1v) is 13.3. The molecular formula is C31H34N2O4. The second-order valence-corrected chi connectivity index (χ2v) is 10.5. The quantitative estimate of drug-likeness (QED) is 0.135. The molecule has 0 amide bonds. The fourth-order valence-electron chi connectivity index (χ4n) is 6.25. The van der Waals surface area contributed by atoms with E-state index in [1.807, 2.05) is 18.2 Å². The molecule has 0 aliphatic heterocycles. The summed E-state index contributed by atoms with van der Waals surface area (Å²) in [5.74, 6) is -0.763. The van der Waals surface area contributed by atoms with E-state index in [2.05, 4.69) is 13.0 Å². The number of ketones is 2. The van der Waals surface area contributed by atoms with Crippen LogP contribution in [0.15, 0.2) is 42.5 Å². The van der Waals surface area contributed by atoms with Gasteiger partial charge in [0.1, 0.15) is 11.5 Å². The lowest BCUT2D eigenvalue weighted by Crippen LogP contribution is -2.24. The summed E-state index contributed by atoms with van der Waals surface area (Å²) in [6.45, 7) is 2.23.